The molecule has 1 atom stereocenters. The molecular weight excluding hydrogens is 238 g/mol. The summed E-state index contributed by atoms with van der Waals surface area (Å²) in [5, 5.41) is 0. The largest absolute Gasteiger partial charge is 0.445 e. The Hall–Kier alpha value is -1.77. The third-order valence-corrected chi connectivity index (χ3v) is 4.47. The van der Waals surface area contributed by atoms with Gasteiger partial charge in [0.05, 0.1) is 0 Å². The van der Waals surface area contributed by atoms with Crippen molar-refractivity contribution in [3.8, 4) is 0 Å². The van der Waals surface area contributed by atoms with E-state index in [2.05, 4.69) is 6.58 Å². The van der Waals surface area contributed by atoms with E-state index >= 15 is 0 Å². The molecule has 1 amide bonds. The molecule has 2 aliphatic rings. The number of hydrogen-bond donors (Lipinski definition) is 0. The summed E-state index contributed by atoms with van der Waals surface area (Å²) < 4.78 is 5.37. The first kappa shape index (κ1) is 12.3. The summed E-state index contributed by atoms with van der Waals surface area (Å²) in [6, 6.07) is 9.79. The van der Waals surface area contributed by atoms with E-state index in [4.69, 9.17) is 4.74 Å². The van der Waals surface area contributed by atoms with Gasteiger partial charge in [0.25, 0.3) is 0 Å². The van der Waals surface area contributed by atoms with Gasteiger partial charge >= 0.3 is 6.09 Å². The lowest BCUT2D eigenvalue weighted by molar-refractivity contribution is 0.0984. The number of nitrogens with zero attached hydrogens (tertiary/aromatic N) is 1. The fraction of sp³-hybridized carbons (Fsp3) is 0.438. The smallest absolute Gasteiger partial charge is 0.410 e. The maximum Gasteiger partial charge on any atom is 0.410 e. The quantitative estimate of drug-likeness (QED) is 0.760. The van der Waals surface area contributed by atoms with E-state index < -0.39 is 0 Å². The first-order chi connectivity index (χ1) is 9.20. The maximum absolute atomic E-state index is 12.0. The third-order valence-electron chi connectivity index (χ3n) is 4.47. The van der Waals surface area contributed by atoms with E-state index in [9.17, 15) is 4.79 Å². The molecule has 1 aliphatic heterocycles. The molecule has 0 unspecified atom stereocenters. The maximum atomic E-state index is 12.0. The number of rotatable bonds is 2. The van der Waals surface area contributed by atoms with Crippen molar-refractivity contribution in [1.82, 2.24) is 4.90 Å². The van der Waals surface area contributed by atoms with Crippen LogP contribution in [0.3, 0.4) is 0 Å². The van der Waals surface area contributed by atoms with Crippen molar-refractivity contribution in [2.24, 2.45) is 5.41 Å². The summed E-state index contributed by atoms with van der Waals surface area (Å²) in [7, 11) is 0. The van der Waals surface area contributed by atoms with Crippen molar-refractivity contribution in [2.75, 3.05) is 13.1 Å². The Morgan fingerprint density at radius 3 is 2.68 bits per heavy atom. The van der Waals surface area contributed by atoms with Crippen molar-refractivity contribution in [1.29, 1.82) is 0 Å². The van der Waals surface area contributed by atoms with Gasteiger partial charge in [-0.2, -0.15) is 0 Å². The van der Waals surface area contributed by atoms with Crippen molar-refractivity contribution < 1.29 is 9.53 Å². The van der Waals surface area contributed by atoms with Crippen LogP contribution in [0.15, 0.2) is 42.5 Å². The highest BCUT2D eigenvalue weighted by Gasteiger charge is 2.47. The standard InChI is InChI=1S/C16H19NO2/c1-13-7-8-16(13)9-10-17(12-16)15(18)19-11-14-5-3-2-4-6-14/h2-6H,1,7-12H2/t16-/m0/s1. The van der Waals surface area contributed by atoms with Gasteiger partial charge in [-0.25, -0.2) is 4.79 Å². The van der Waals surface area contributed by atoms with Gasteiger partial charge in [-0.3, -0.25) is 0 Å². The second-order valence-electron chi connectivity index (χ2n) is 5.60. The van der Waals surface area contributed by atoms with Gasteiger partial charge in [-0.1, -0.05) is 42.5 Å². The second-order valence-corrected chi connectivity index (χ2v) is 5.60. The molecule has 1 aromatic carbocycles. The Kier molecular flexibility index (Phi) is 3.05. The SMILES string of the molecule is C=C1CC[C@@]12CCN(C(=O)OCc1ccccc1)C2. The number of hydrogen-bond acceptors (Lipinski definition) is 2. The van der Waals surface area contributed by atoms with Crippen LogP contribution in [-0.4, -0.2) is 24.1 Å². The lowest BCUT2D eigenvalue weighted by Gasteiger charge is -2.40. The van der Waals surface area contributed by atoms with E-state index in [1.54, 1.807) is 0 Å². The second kappa shape index (κ2) is 4.72. The number of likely N-dealkylation sites (tertiary alicyclic amines) is 1. The van der Waals surface area contributed by atoms with Gasteiger partial charge in [0.1, 0.15) is 6.61 Å². The number of carbonyl (C=O) groups is 1. The van der Waals surface area contributed by atoms with Crippen LogP contribution in [0.1, 0.15) is 24.8 Å². The molecule has 1 aromatic rings. The Morgan fingerprint density at radius 2 is 2.11 bits per heavy atom. The Bertz CT molecular complexity index is 497. The van der Waals surface area contributed by atoms with Gasteiger partial charge in [0.2, 0.25) is 0 Å². The molecule has 100 valence electrons. The number of benzene rings is 1. The predicted molar refractivity (Wildman–Crippen MR) is 73.6 cm³/mol. The van der Waals surface area contributed by atoms with Crippen LogP contribution in [0, 0.1) is 5.41 Å². The van der Waals surface area contributed by atoms with Crippen molar-refractivity contribution in [3.63, 3.8) is 0 Å². The molecule has 1 heterocycles. The molecule has 3 heteroatoms. The van der Waals surface area contributed by atoms with Crippen molar-refractivity contribution in [2.45, 2.75) is 25.9 Å². The fourth-order valence-electron chi connectivity index (χ4n) is 2.99. The van der Waals surface area contributed by atoms with Crippen LogP contribution in [0.5, 0.6) is 0 Å². The van der Waals surface area contributed by atoms with Crippen LogP contribution >= 0.6 is 0 Å². The molecule has 0 N–H and O–H groups in total. The van der Waals surface area contributed by atoms with E-state index in [-0.39, 0.29) is 11.5 Å². The van der Waals surface area contributed by atoms with Crippen LogP contribution < -0.4 is 0 Å². The third kappa shape index (κ3) is 2.25. The molecule has 1 saturated carbocycles. The lowest BCUT2D eigenvalue weighted by Crippen LogP contribution is -2.37. The molecule has 0 radical (unpaired) electrons. The monoisotopic (exact) mass is 257 g/mol. The highest BCUT2D eigenvalue weighted by molar-refractivity contribution is 5.68. The average Bonchev–Trinajstić information content (AvgIpc) is 2.92. The van der Waals surface area contributed by atoms with E-state index in [0.717, 1.165) is 31.5 Å². The molecule has 1 saturated heterocycles. The first-order valence-corrected chi connectivity index (χ1v) is 6.83. The molecule has 2 fully saturated rings. The highest BCUT2D eigenvalue weighted by Crippen LogP contribution is 2.51. The Morgan fingerprint density at radius 1 is 1.32 bits per heavy atom. The van der Waals surface area contributed by atoms with Gasteiger partial charge < -0.3 is 9.64 Å². The van der Waals surface area contributed by atoms with Crippen molar-refractivity contribution in [3.05, 3.63) is 48.0 Å². The minimum absolute atomic E-state index is 0.194. The minimum atomic E-state index is -0.194. The molecule has 0 aromatic heterocycles. The van der Waals surface area contributed by atoms with Crippen LogP contribution in [0.4, 0.5) is 4.79 Å². The number of amides is 1. The molecule has 1 spiro atoms. The molecular formula is C16H19NO2. The first-order valence-electron chi connectivity index (χ1n) is 6.83. The molecule has 3 nitrogen and oxygen atoms in total. The summed E-state index contributed by atoms with van der Waals surface area (Å²) in [6.07, 6.45) is 3.15. The minimum Gasteiger partial charge on any atom is -0.445 e. The van der Waals surface area contributed by atoms with E-state index in [0.29, 0.717) is 6.61 Å². The van der Waals surface area contributed by atoms with Gasteiger partial charge in [-0.15, -0.1) is 0 Å². The summed E-state index contributed by atoms with van der Waals surface area (Å²) in [4.78, 5) is 13.9. The molecule has 0 bridgehead atoms. The summed E-state index contributed by atoms with van der Waals surface area (Å²) >= 11 is 0. The zero-order chi connectivity index (χ0) is 13.3. The van der Waals surface area contributed by atoms with E-state index in [1.165, 1.54) is 12.0 Å². The summed E-state index contributed by atoms with van der Waals surface area (Å²) in [5.74, 6) is 0. The zero-order valence-corrected chi connectivity index (χ0v) is 11.1. The Balaban J connectivity index is 1.53. The fourth-order valence-corrected chi connectivity index (χ4v) is 2.99. The normalized spacial score (nSPS) is 25.5. The van der Waals surface area contributed by atoms with E-state index in [1.807, 2.05) is 35.2 Å². The molecule has 19 heavy (non-hydrogen) atoms. The lowest BCUT2D eigenvalue weighted by atomic mass is 9.65. The number of carbonyl (C=O) groups excluding carboxylic acids is 1. The highest BCUT2D eigenvalue weighted by atomic mass is 16.6. The van der Waals surface area contributed by atoms with Gasteiger partial charge in [0, 0.05) is 18.5 Å². The van der Waals surface area contributed by atoms with Gasteiger partial charge in [-0.05, 0) is 24.8 Å². The topological polar surface area (TPSA) is 29.5 Å². The average molecular weight is 257 g/mol. The zero-order valence-electron chi connectivity index (χ0n) is 11.1. The van der Waals surface area contributed by atoms with Gasteiger partial charge in [0.15, 0.2) is 0 Å². The van der Waals surface area contributed by atoms with Crippen LogP contribution in [-0.2, 0) is 11.3 Å². The Labute approximate surface area is 113 Å². The van der Waals surface area contributed by atoms with Crippen LogP contribution in [0.25, 0.3) is 0 Å². The van der Waals surface area contributed by atoms with Crippen LogP contribution in [0.2, 0.25) is 0 Å². The predicted octanol–water partition coefficient (Wildman–Crippen LogP) is 3.37. The molecule has 1 aliphatic carbocycles. The van der Waals surface area contributed by atoms with Crippen molar-refractivity contribution >= 4 is 6.09 Å². The summed E-state index contributed by atoms with van der Waals surface area (Å²) in [5.41, 5.74) is 2.55. The number of ether oxygens (including phenoxy) is 1. The molecule has 3 rings (SSSR count). The summed E-state index contributed by atoms with van der Waals surface area (Å²) in [6.45, 7) is 6.04.